The zero-order chi connectivity index (χ0) is 13.9. The van der Waals surface area contributed by atoms with Crippen LogP contribution in [-0.2, 0) is 0 Å². The zero-order valence-corrected chi connectivity index (χ0v) is 10.9. The molecule has 0 aliphatic rings. The van der Waals surface area contributed by atoms with Crippen LogP contribution in [0.4, 0.5) is 5.82 Å². The lowest BCUT2D eigenvalue weighted by Crippen LogP contribution is -2.15. The Kier molecular flexibility index (Phi) is 3.22. The molecule has 0 aliphatic heterocycles. The molecule has 0 saturated heterocycles. The van der Waals surface area contributed by atoms with Gasteiger partial charge < -0.3 is 5.32 Å². The van der Waals surface area contributed by atoms with Gasteiger partial charge in [-0.3, -0.25) is 14.8 Å². The Morgan fingerprint density at radius 3 is 2.65 bits per heavy atom. The maximum absolute atomic E-state index is 12.0. The van der Waals surface area contributed by atoms with E-state index < -0.39 is 5.91 Å². The molecule has 0 atom stereocenters. The van der Waals surface area contributed by atoms with Crippen LogP contribution in [0.25, 0.3) is 11.0 Å². The van der Waals surface area contributed by atoms with Crippen molar-refractivity contribution in [2.45, 2.75) is 0 Å². The lowest BCUT2D eigenvalue weighted by atomic mass is 10.3. The monoisotopic (exact) mass is 285 g/mol. The van der Waals surface area contributed by atoms with E-state index in [1.165, 1.54) is 18.6 Å². The molecule has 0 saturated carbocycles. The number of rotatable bonds is 2. The summed E-state index contributed by atoms with van der Waals surface area (Å²) in [5.74, 6) is -0.155. The third-order valence-corrected chi connectivity index (χ3v) is 2.71. The summed E-state index contributed by atoms with van der Waals surface area (Å²) in [5, 5.41) is 2.77. The van der Waals surface area contributed by atoms with Gasteiger partial charge >= 0.3 is 0 Å². The number of nitrogens with zero attached hydrogens (tertiary/aromatic N) is 4. The van der Waals surface area contributed by atoms with Crippen molar-refractivity contribution in [1.82, 2.24) is 19.9 Å². The van der Waals surface area contributed by atoms with E-state index in [2.05, 4.69) is 25.3 Å². The number of halogens is 1. The fraction of sp³-hybridized carbons (Fsp3) is 0. The van der Waals surface area contributed by atoms with Crippen LogP contribution in [0.5, 0.6) is 0 Å². The van der Waals surface area contributed by atoms with Crippen molar-refractivity contribution in [3.63, 3.8) is 0 Å². The number of para-hydroxylation sites is 2. The van der Waals surface area contributed by atoms with Gasteiger partial charge in [0.15, 0.2) is 5.82 Å². The van der Waals surface area contributed by atoms with Crippen molar-refractivity contribution >= 4 is 34.4 Å². The van der Waals surface area contributed by atoms with Crippen LogP contribution in [0.15, 0.2) is 42.9 Å². The van der Waals surface area contributed by atoms with Gasteiger partial charge in [0.05, 0.1) is 29.6 Å². The summed E-state index contributed by atoms with van der Waals surface area (Å²) in [4.78, 5) is 28.2. The van der Waals surface area contributed by atoms with Crippen LogP contribution in [0.2, 0.25) is 5.15 Å². The van der Waals surface area contributed by atoms with Gasteiger partial charge in [-0.15, -0.1) is 0 Å². The average Bonchev–Trinajstić information content (AvgIpc) is 2.47. The number of nitrogens with one attached hydrogen (secondary N) is 1. The van der Waals surface area contributed by atoms with Gasteiger partial charge in [-0.05, 0) is 12.1 Å². The standard InChI is InChI=1S/C13H8ClN5O/c14-11-6-15-7-12(18-11)19-13(20)10-5-16-8-3-1-2-4-9(8)17-10/h1-7H,(H,18,19,20). The smallest absolute Gasteiger partial charge is 0.277 e. The van der Waals surface area contributed by atoms with Crippen LogP contribution in [0.1, 0.15) is 10.5 Å². The quantitative estimate of drug-likeness (QED) is 0.781. The second-order valence-corrected chi connectivity index (χ2v) is 4.31. The number of anilines is 1. The molecule has 0 spiro atoms. The second kappa shape index (κ2) is 5.18. The molecule has 0 bridgehead atoms. The summed E-state index contributed by atoms with van der Waals surface area (Å²) < 4.78 is 0. The Hall–Kier alpha value is -2.60. The minimum Gasteiger partial charge on any atom is -0.304 e. The Morgan fingerprint density at radius 2 is 1.85 bits per heavy atom. The number of carbonyl (C=O) groups is 1. The van der Waals surface area contributed by atoms with Gasteiger partial charge in [0.25, 0.3) is 5.91 Å². The lowest BCUT2D eigenvalue weighted by Gasteiger charge is -2.04. The summed E-state index contributed by atoms with van der Waals surface area (Å²) in [6.07, 6.45) is 4.20. The Morgan fingerprint density at radius 1 is 1.05 bits per heavy atom. The van der Waals surface area contributed by atoms with E-state index in [-0.39, 0.29) is 16.7 Å². The molecular formula is C13H8ClN5O. The molecule has 7 heteroatoms. The predicted octanol–water partition coefficient (Wildman–Crippen LogP) is 2.33. The van der Waals surface area contributed by atoms with Gasteiger partial charge in [0, 0.05) is 0 Å². The van der Waals surface area contributed by atoms with Crippen LogP contribution >= 0.6 is 11.6 Å². The molecule has 0 aliphatic carbocycles. The Bertz CT molecular complexity index is 792. The largest absolute Gasteiger partial charge is 0.304 e. The predicted molar refractivity (Wildman–Crippen MR) is 74.5 cm³/mol. The second-order valence-electron chi connectivity index (χ2n) is 3.93. The van der Waals surface area contributed by atoms with Gasteiger partial charge in [-0.25, -0.2) is 9.97 Å². The first-order valence-corrected chi connectivity index (χ1v) is 6.11. The Labute approximate surface area is 118 Å². The van der Waals surface area contributed by atoms with Crippen LogP contribution < -0.4 is 5.32 Å². The summed E-state index contributed by atoms with van der Waals surface area (Å²) >= 11 is 5.70. The van der Waals surface area contributed by atoms with E-state index in [0.717, 1.165) is 5.52 Å². The maximum atomic E-state index is 12.0. The number of benzene rings is 1. The molecule has 1 N–H and O–H groups in total. The fourth-order valence-electron chi connectivity index (χ4n) is 1.65. The summed E-state index contributed by atoms with van der Waals surface area (Å²) in [5.41, 5.74) is 1.58. The van der Waals surface area contributed by atoms with Crippen molar-refractivity contribution in [1.29, 1.82) is 0 Å². The number of amides is 1. The fourth-order valence-corrected chi connectivity index (χ4v) is 1.80. The molecule has 3 rings (SSSR count). The third kappa shape index (κ3) is 2.55. The third-order valence-electron chi connectivity index (χ3n) is 2.53. The average molecular weight is 286 g/mol. The van der Waals surface area contributed by atoms with Gasteiger partial charge in [-0.2, -0.15) is 0 Å². The summed E-state index contributed by atoms with van der Waals surface area (Å²) in [6.45, 7) is 0. The number of carbonyl (C=O) groups excluding carboxylic acids is 1. The van der Waals surface area contributed by atoms with Gasteiger partial charge in [0.1, 0.15) is 10.8 Å². The zero-order valence-electron chi connectivity index (χ0n) is 10.1. The highest BCUT2D eigenvalue weighted by molar-refractivity contribution is 6.29. The molecule has 2 aromatic heterocycles. The number of hydrogen-bond acceptors (Lipinski definition) is 5. The highest BCUT2D eigenvalue weighted by atomic mass is 35.5. The first-order chi connectivity index (χ1) is 9.72. The van der Waals surface area contributed by atoms with E-state index >= 15 is 0 Å². The molecule has 2 heterocycles. The van der Waals surface area contributed by atoms with E-state index in [9.17, 15) is 4.79 Å². The van der Waals surface area contributed by atoms with Crippen LogP contribution in [0.3, 0.4) is 0 Å². The normalized spacial score (nSPS) is 10.4. The molecule has 0 radical (unpaired) electrons. The van der Waals surface area contributed by atoms with Crippen LogP contribution in [-0.4, -0.2) is 25.8 Å². The van der Waals surface area contributed by atoms with Crippen molar-refractivity contribution in [2.75, 3.05) is 5.32 Å². The molecule has 1 amide bonds. The topological polar surface area (TPSA) is 80.7 Å². The molecule has 3 aromatic rings. The van der Waals surface area contributed by atoms with Gasteiger partial charge in [-0.1, -0.05) is 23.7 Å². The van der Waals surface area contributed by atoms with E-state index in [0.29, 0.717) is 5.52 Å². The maximum Gasteiger partial charge on any atom is 0.277 e. The van der Waals surface area contributed by atoms with Crippen molar-refractivity contribution in [2.24, 2.45) is 0 Å². The van der Waals surface area contributed by atoms with Gasteiger partial charge in [0.2, 0.25) is 0 Å². The first-order valence-electron chi connectivity index (χ1n) is 5.73. The molecule has 6 nitrogen and oxygen atoms in total. The highest BCUT2D eigenvalue weighted by Gasteiger charge is 2.10. The Balaban J connectivity index is 1.88. The SMILES string of the molecule is O=C(Nc1cncc(Cl)n1)c1cnc2ccccc2n1. The van der Waals surface area contributed by atoms with E-state index in [1.807, 2.05) is 18.2 Å². The minimum absolute atomic E-state index is 0.200. The van der Waals surface area contributed by atoms with Crippen molar-refractivity contribution in [3.8, 4) is 0 Å². The number of hydrogen-bond donors (Lipinski definition) is 1. The molecule has 0 fully saturated rings. The summed E-state index contributed by atoms with van der Waals surface area (Å²) in [6, 6.07) is 7.31. The first kappa shape index (κ1) is 12.4. The van der Waals surface area contributed by atoms with Crippen molar-refractivity contribution < 1.29 is 4.79 Å². The molecule has 0 unspecified atom stereocenters. The molecule has 20 heavy (non-hydrogen) atoms. The minimum atomic E-state index is -0.417. The van der Waals surface area contributed by atoms with E-state index in [4.69, 9.17) is 11.6 Å². The highest BCUT2D eigenvalue weighted by Crippen LogP contribution is 2.11. The lowest BCUT2D eigenvalue weighted by molar-refractivity contribution is 0.102. The molecular weight excluding hydrogens is 278 g/mol. The van der Waals surface area contributed by atoms with Crippen LogP contribution in [0, 0.1) is 0 Å². The molecule has 1 aromatic carbocycles. The van der Waals surface area contributed by atoms with Crippen molar-refractivity contribution in [3.05, 3.63) is 53.7 Å². The van der Waals surface area contributed by atoms with E-state index in [1.54, 1.807) is 6.07 Å². The number of fused-ring (bicyclic) bond motifs is 1. The summed E-state index contributed by atoms with van der Waals surface area (Å²) in [7, 11) is 0. The number of aromatic nitrogens is 4. The molecule has 98 valence electrons.